The molecule has 2 aromatic rings. The molecule has 1 N–H and O–H groups in total. The van der Waals surface area contributed by atoms with E-state index in [1.807, 2.05) is 18.2 Å². The fraction of sp³-hybridized carbons (Fsp3) is 0.440. The molecule has 2 atom stereocenters. The summed E-state index contributed by atoms with van der Waals surface area (Å²) in [5.41, 5.74) is 5.50. The first-order valence-electron chi connectivity index (χ1n) is 10.1. The second-order valence-electron chi connectivity index (χ2n) is 9.79. The van der Waals surface area contributed by atoms with Gasteiger partial charge in [-0.05, 0) is 47.3 Å². The van der Waals surface area contributed by atoms with E-state index in [0.29, 0.717) is 11.2 Å². The van der Waals surface area contributed by atoms with Gasteiger partial charge in [-0.25, -0.2) is 0 Å². The zero-order chi connectivity index (χ0) is 19.2. The molecule has 28 heavy (non-hydrogen) atoms. The summed E-state index contributed by atoms with van der Waals surface area (Å²) in [6, 6.07) is 16.2. The van der Waals surface area contributed by atoms with Gasteiger partial charge < -0.3 is 33.6 Å². The highest BCUT2D eigenvalue weighted by atomic mass is 127. The minimum Gasteiger partial charge on any atom is -1.00 e. The molecular formula is C25H32INO. The SMILES string of the molecule is CC1(C)[C@H]2CC=C(C[N+](C)(C)Cc3ccc(-c4ccccc4O)cc3)[C@@H]1C2.[I-]. The Morgan fingerprint density at radius 2 is 1.68 bits per heavy atom. The Hall–Kier alpha value is -1.33. The Morgan fingerprint density at radius 3 is 2.29 bits per heavy atom. The third-order valence-electron chi connectivity index (χ3n) is 6.97. The van der Waals surface area contributed by atoms with Crippen LogP contribution in [0.1, 0.15) is 32.3 Å². The number of para-hydroxylation sites is 1. The molecule has 3 aliphatic rings. The van der Waals surface area contributed by atoms with E-state index in [9.17, 15) is 5.11 Å². The highest BCUT2D eigenvalue weighted by molar-refractivity contribution is 5.69. The van der Waals surface area contributed by atoms with Crippen LogP contribution in [0.15, 0.2) is 60.2 Å². The van der Waals surface area contributed by atoms with Crippen molar-refractivity contribution in [3.8, 4) is 16.9 Å². The summed E-state index contributed by atoms with van der Waals surface area (Å²) in [7, 11) is 4.69. The molecule has 0 aliphatic heterocycles. The first-order chi connectivity index (χ1) is 12.8. The zero-order valence-corrected chi connectivity index (χ0v) is 19.6. The van der Waals surface area contributed by atoms with Crippen LogP contribution in [-0.4, -0.2) is 30.2 Å². The Bertz CT molecular complexity index is 866. The fourth-order valence-electron chi connectivity index (χ4n) is 5.21. The molecule has 1 fully saturated rings. The number of phenols is 1. The highest BCUT2D eigenvalue weighted by Crippen LogP contribution is 2.59. The van der Waals surface area contributed by atoms with Gasteiger partial charge in [-0.1, -0.05) is 62.4 Å². The summed E-state index contributed by atoms with van der Waals surface area (Å²) in [6.07, 6.45) is 5.20. The van der Waals surface area contributed by atoms with Crippen LogP contribution in [-0.2, 0) is 6.54 Å². The average Bonchev–Trinajstić information content (AvgIpc) is 2.62. The molecule has 0 amide bonds. The van der Waals surface area contributed by atoms with Crippen molar-refractivity contribution in [2.45, 2.75) is 33.2 Å². The normalized spacial score (nSPS) is 22.6. The third kappa shape index (κ3) is 4.02. The maximum Gasteiger partial charge on any atom is 0.123 e. The molecular weight excluding hydrogens is 457 g/mol. The minimum atomic E-state index is 0. The molecule has 3 heteroatoms. The van der Waals surface area contributed by atoms with E-state index >= 15 is 0 Å². The van der Waals surface area contributed by atoms with Crippen molar-refractivity contribution in [2.75, 3.05) is 20.6 Å². The van der Waals surface area contributed by atoms with Gasteiger partial charge in [0.25, 0.3) is 0 Å². The summed E-state index contributed by atoms with van der Waals surface area (Å²) in [6.45, 7) is 7.07. The number of aromatic hydroxyl groups is 1. The van der Waals surface area contributed by atoms with E-state index in [1.54, 1.807) is 11.6 Å². The molecule has 3 aliphatic carbocycles. The van der Waals surface area contributed by atoms with Crippen molar-refractivity contribution < 1.29 is 33.6 Å². The van der Waals surface area contributed by atoms with Gasteiger partial charge >= 0.3 is 0 Å². The Kier molecular flexibility index (Phi) is 5.98. The van der Waals surface area contributed by atoms with E-state index in [2.05, 4.69) is 58.3 Å². The molecule has 0 heterocycles. The number of phenolic OH excluding ortho intramolecular Hbond substituents is 1. The lowest BCUT2D eigenvalue weighted by atomic mass is 9.49. The topological polar surface area (TPSA) is 20.2 Å². The van der Waals surface area contributed by atoms with Crippen molar-refractivity contribution >= 4 is 0 Å². The van der Waals surface area contributed by atoms with Gasteiger partial charge in [0.05, 0.1) is 14.1 Å². The highest BCUT2D eigenvalue weighted by Gasteiger charge is 2.52. The number of fused-ring (bicyclic) bond motifs is 1. The molecule has 0 saturated heterocycles. The van der Waals surface area contributed by atoms with Gasteiger partial charge in [-0.15, -0.1) is 0 Å². The lowest BCUT2D eigenvalue weighted by Crippen LogP contribution is -3.00. The lowest BCUT2D eigenvalue weighted by Gasteiger charge is -2.57. The molecule has 2 nitrogen and oxygen atoms in total. The van der Waals surface area contributed by atoms with Crippen LogP contribution in [0.4, 0.5) is 0 Å². The molecule has 150 valence electrons. The standard InChI is InChI=1S/C25H31NO.HI/c1-25(2)21-14-13-20(23(25)15-21)17-26(3,4)16-18-9-11-19(12-10-18)22-7-5-6-8-24(22)27;/h5-13,21,23H,14-17H2,1-4H3;1H/t21-,23-;/m0./s1. The van der Waals surface area contributed by atoms with Crippen LogP contribution < -0.4 is 24.0 Å². The van der Waals surface area contributed by atoms with E-state index < -0.39 is 0 Å². The van der Waals surface area contributed by atoms with Gasteiger partial charge in [0.2, 0.25) is 0 Å². The summed E-state index contributed by atoms with van der Waals surface area (Å²) in [4.78, 5) is 0. The molecule has 1 saturated carbocycles. The van der Waals surface area contributed by atoms with Crippen LogP contribution in [0.2, 0.25) is 0 Å². The van der Waals surface area contributed by atoms with Crippen LogP contribution in [0.25, 0.3) is 11.1 Å². The molecule has 2 bridgehead atoms. The third-order valence-corrected chi connectivity index (χ3v) is 6.97. The average molecular weight is 489 g/mol. The molecule has 0 unspecified atom stereocenters. The van der Waals surface area contributed by atoms with Gasteiger partial charge in [-0.3, -0.25) is 0 Å². The van der Waals surface area contributed by atoms with Crippen molar-refractivity contribution in [1.29, 1.82) is 0 Å². The molecule has 0 aromatic heterocycles. The second-order valence-corrected chi connectivity index (χ2v) is 9.79. The van der Waals surface area contributed by atoms with Gasteiger partial charge in [0.1, 0.15) is 18.8 Å². The Balaban J connectivity index is 0.00000225. The number of allylic oxidation sites excluding steroid dienone is 1. The number of nitrogens with zero attached hydrogens (tertiary/aromatic N) is 1. The maximum atomic E-state index is 10.1. The van der Waals surface area contributed by atoms with Crippen molar-refractivity contribution in [2.24, 2.45) is 17.3 Å². The largest absolute Gasteiger partial charge is 1.00 e. The second kappa shape index (κ2) is 7.83. The Morgan fingerprint density at radius 1 is 1.00 bits per heavy atom. The van der Waals surface area contributed by atoms with Gasteiger partial charge in [0.15, 0.2) is 0 Å². The molecule has 0 spiro atoms. The summed E-state index contributed by atoms with van der Waals surface area (Å²) in [5.74, 6) is 2.04. The maximum absolute atomic E-state index is 10.1. The number of hydrogen-bond acceptors (Lipinski definition) is 1. The number of likely N-dealkylation sites (N-methyl/N-ethyl adjacent to an activating group) is 1. The number of halogens is 1. The predicted molar refractivity (Wildman–Crippen MR) is 112 cm³/mol. The summed E-state index contributed by atoms with van der Waals surface area (Å²) >= 11 is 0. The van der Waals surface area contributed by atoms with Gasteiger partial charge in [0, 0.05) is 11.1 Å². The predicted octanol–water partition coefficient (Wildman–Crippen LogP) is 2.63. The number of benzene rings is 2. The molecule has 2 aromatic carbocycles. The monoisotopic (exact) mass is 489 g/mol. The number of hydrogen-bond donors (Lipinski definition) is 1. The van der Waals surface area contributed by atoms with E-state index in [1.165, 1.54) is 18.4 Å². The minimum absolute atomic E-state index is 0. The summed E-state index contributed by atoms with van der Waals surface area (Å²) < 4.78 is 0.985. The smallest absolute Gasteiger partial charge is 0.123 e. The fourth-order valence-corrected chi connectivity index (χ4v) is 5.21. The molecule has 5 rings (SSSR count). The zero-order valence-electron chi connectivity index (χ0n) is 17.5. The van der Waals surface area contributed by atoms with Crippen LogP contribution in [0.5, 0.6) is 5.75 Å². The van der Waals surface area contributed by atoms with Crippen molar-refractivity contribution in [3.05, 3.63) is 65.7 Å². The number of rotatable bonds is 5. The quantitative estimate of drug-likeness (QED) is 0.389. The van der Waals surface area contributed by atoms with E-state index in [4.69, 9.17) is 0 Å². The van der Waals surface area contributed by atoms with Crippen molar-refractivity contribution in [3.63, 3.8) is 0 Å². The lowest BCUT2D eigenvalue weighted by molar-refractivity contribution is -0.899. The van der Waals surface area contributed by atoms with Crippen LogP contribution in [0, 0.1) is 17.3 Å². The van der Waals surface area contributed by atoms with Gasteiger partial charge in [-0.2, -0.15) is 0 Å². The van der Waals surface area contributed by atoms with Crippen LogP contribution >= 0.6 is 0 Å². The van der Waals surface area contributed by atoms with Crippen LogP contribution in [0.3, 0.4) is 0 Å². The molecule has 0 radical (unpaired) electrons. The van der Waals surface area contributed by atoms with E-state index in [0.717, 1.165) is 40.5 Å². The summed E-state index contributed by atoms with van der Waals surface area (Å²) in [5, 5.41) is 10.1. The number of quaternary nitrogens is 1. The first kappa shape index (κ1) is 21.4. The van der Waals surface area contributed by atoms with E-state index in [-0.39, 0.29) is 24.0 Å². The van der Waals surface area contributed by atoms with Crippen molar-refractivity contribution in [1.82, 2.24) is 0 Å². The Labute approximate surface area is 186 Å². The first-order valence-corrected chi connectivity index (χ1v) is 10.1.